The van der Waals surface area contributed by atoms with E-state index in [0.29, 0.717) is 5.56 Å². The second-order valence-electron chi connectivity index (χ2n) is 3.29. The van der Waals surface area contributed by atoms with E-state index in [1.165, 1.54) is 4.74 Å². The lowest BCUT2D eigenvalue weighted by Crippen LogP contribution is -2.14. The van der Waals surface area contributed by atoms with Crippen LogP contribution in [0.25, 0.3) is 0 Å². The SMILES string of the molecule is C/C=C\[N+](=C/C)OC(=O)c1ccccc1C. The Kier molecular flexibility index (Phi) is 4.45. The van der Waals surface area contributed by atoms with Crippen molar-refractivity contribution >= 4 is 12.2 Å². The van der Waals surface area contributed by atoms with E-state index in [9.17, 15) is 4.79 Å². The van der Waals surface area contributed by atoms with Crippen molar-refractivity contribution in [1.82, 2.24) is 0 Å². The second kappa shape index (κ2) is 5.85. The van der Waals surface area contributed by atoms with Gasteiger partial charge in [-0.2, -0.15) is 4.84 Å². The predicted octanol–water partition coefficient (Wildman–Crippen LogP) is 2.70. The van der Waals surface area contributed by atoms with Gasteiger partial charge < -0.3 is 0 Å². The smallest absolute Gasteiger partial charge is 0.239 e. The molecule has 1 aromatic rings. The Morgan fingerprint density at radius 2 is 2.00 bits per heavy atom. The molecule has 16 heavy (non-hydrogen) atoms. The lowest BCUT2D eigenvalue weighted by molar-refractivity contribution is -0.706. The lowest BCUT2D eigenvalue weighted by Gasteiger charge is -2.00. The molecule has 1 rings (SSSR count). The summed E-state index contributed by atoms with van der Waals surface area (Å²) in [7, 11) is 0. The van der Waals surface area contributed by atoms with E-state index < -0.39 is 0 Å². The van der Waals surface area contributed by atoms with Gasteiger partial charge in [0, 0.05) is 11.7 Å². The zero-order valence-corrected chi connectivity index (χ0v) is 9.81. The zero-order valence-electron chi connectivity index (χ0n) is 9.81. The average molecular weight is 218 g/mol. The Hall–Kier alpha value is -1.90. The van der Waals surface area contributed by atoms with Crippen LogP contribution >= 0.6 is 0 Å². The molecule has 0 aliphatic heterocycles. The Labute approximate surface area is 95.6 Å². The third-order valence-electron chi connectivity index (χ3n) is 2.10. The van der Waals surface area contributed by atoms with Crippen molar-refractivity contribution < 1.29 is 14.4 Å². The number of allylic oxidation sites excluding steroid dienone is 1. The van der Waals surface area contributed by atoms with E-state index in [2.05, 4.69) is 0 Å². The first-order valence-corrected chi connectivity index (χ1v) is 5.17. The molecular formula is C13H16NO2+. The van der Waals surface area contributed by atoms with Crippen molar-refractivity contribution in [2.75, 3.05) is 0 Å². The minimum atomic E-state index is -0.352. The van der Waals surface area contributed by atoms with Gasteiger partial charge in [-0.1, -0.05) is 18.2 Å². The first-order chi connectivity index (χ1) is 7.69. The van der Waals surface area contributed by atoms with E-state index >= 15 is 0 Å². The molecule has 0 fully saturated rings. The maximum atomic E-state index is 11.8. The third-order valence-corrected chi connectivity index (χ3v) is 2.10. The van der Waals surface area contributed by atoms with Crippen LogP contribution in [0, 0.1) is 6.92 Å². The minimum absolute atomic E-state index is 0.352. The third kappa shape index (κ3) is 3.05. The number of hydrogen-bond acceptors (Lipinski definition) is 2. The Bertz CT molecular complexity index is 433. The molecule has 3 nitrogen and oxygen atoms in total. The van der Waals surface area contributed by atoms with Gasteiger partial charge in [0.2, 0.25) is 6.20 Å². The summed E-state index contributed by atoms with van der Waals surface area (Å²) in [6.07, 6.45) is 5.15. The summed E-state index contributed by atoms with van der Waals surface area (Å²) in [5.74, 6) is -0.352. The molecule has 0 bridgehead atoms. The van der Waals surface area contributed by atoms with Crippen molar-refractivity contribution in [2.45, 2.75) is 20.8 Å². The highest BCUT2D eigenvalue weighted by Gasteiger charge is 2.15. The standard InChI is InChI=1S/C13H16NO2/c1-4-10-14(5-2)16-13(15)12-9-7-6-8-11(12)3/h4-10H,1-3H3/q+1/b10-4-,14-5+. The zero-order chi connectivity index (χ0) is 12.0. The summed E-state index contributed by atoms with van der Waals surface area (Å²) in [5.41, 5.74) is 1.49. The van der Waals surface area contributed by atoms with Crippen LogP contribution in [0.3, 0.4) is 0 Å². The minimum Gasteiger partial charge on any atom is -0.239 e. The van der Waals surface area contributed by atoms with Crippen LogP contribution in [-0.4, -0.2) is 16.9 Å². The van der Waals surface area contributed by atoms with Crippen LogP contribution in [0.4, 0.5) is 0 Å². The molecule has 0 aliphatic carbocycles. The van der Waals surface area contributed by atoms with Crippen molar-refractivity contribution in [3.8, 4) is 0 Å². The summed E-state index contributed by atoms with van der Waals surface area (Å²) in [5, 5.41) is 0. The van der Waals surface area contributed by atoms with Gasteiger partial charge in [-0.25, -0.2) is 4.79 Å². The quantitative estimate of drug-likeness (QED) is 0.338. The maximum Gasteiger partial charge on any atom is 0.411 e. The van der Waals surface area contributed by atoms with Gasteiger partial charge in [0.15, 0.2) is 6.21 Å². The summed E-state index contributed by atoms with van der Waals surface area (Å²) in [6.45, 7) is 5.54. The predicted molar refractivity (Wildman–Crippen MR) is 63.4 cm³/mol. The highest BCUT2D eigenvalue weighted by atomic mass is 16.7. The number of carbonyl (C=O) groups is 1. The topological polar surface area (TPSA) is 29.3 Å². The molecule has 0 amide bonds. The lowest BCUT2D eigenvalue weighted by atomic mass is 10.1. The van der Waals surface area contributed by atoms with E-state index in [4.69, 9.17) is 4.84 Å². The summed E-state index contributed by atoms with van der Waals surface area (Å²) < 4.78 is 1.38. The van der Waals surface area contributed by atoms with Gasteiger partial charge in [-0.05, 0) is 31.6 Å². The molecule has 0 aromatic heterocycles. The average Bonchev–Trinajstić information content (AvgIpc) is 2.28. The van der Waals surface area contributed by atoms with Crippen molar-refractivity contribution in [1.29, 1.82) is 0 Å². The highest BCUT2D eigenvalue weighted by molar-refractivity contribution is 5.90. The van der Waals surface area contributed by atoms with Gasteiger partial charge in [0.05, 0.1) is 5.56 Å². The van der Waals surface area contributed by atoms with E-state index in [1.807, 2.05) is 32.0 Å². The van der Waals surface area contributed by atoms with Gasteiger partial charge >= 0.3 is 5.97 Å². The maximum absolute atomic E-state index is 11.8. The van der Waals surface area contributed by atoms with E-state index in [1.54, 1.807) is 31.5 Å². The fourth-order valence-corrected chi connectivity index (χ4v) is 1.26. The second-order valence-corrected chi connectivity index (χ2v) is 3.29. The molecule has 1 aromatic carbocycles. The molecule has 0 saturated carbocycles. The fourth-order valence-electron chi connectivity index (χ4n) is 1.26. The number of hydrogen-bond donors (Lipinski definition) is 0. The van der Waals surface area contributed by atoms with Crippen molar-refractivity contribution in [2.24, 2.45) is 0 Å². The molecule has 0 spiro atoms. The van der Waals surface area contributed by atoms with Crippen molar-refractivity contribution in [3.05, 3.63) is 47.7 Å². The molecular weight excluding hydrogens is 202 g/mol. The van der Waals surface area contributed by atoms with Crippen LogP contribution in [0.1, 0.15) is 29.8 Å². The van der Waals surface area contributed by atoms with Crippen LogP contribution in [0.2, 0.25) is 0 Å². The number of nitrogens with zero attached hydrogens (tertiary/aromatic N) is 1. The largest absolute Gasteiger partial charge is 0.411 e. The van der Waals surface area contributed by atoms with Crippen LogP contribution in [0.15, 0.2) is 36.5 Å². The summed E-state index contributed by atoms with van der Waals surface area (Å²) in [4.78, 5) is 17.0. The molecule has 0 N–H and O–H groups in total. The van der Waals surface area contributed by atoms with Crippen molar-refractivity contribution in [3.63, 3.8) is 0 Å². The summed E-state index contributed by atoms with van der Waals surface area (Å²) >= 11 is 0. The molecule has 84 valence electrons. The van der Waals surface area contributed by atoms with Crippen LogP contribution < -0.4 is 0 Å². The molecule has 3 heteroatoms. The molecule has 0 unspecified atom stereocenters. The van der Waals surface area contributed by atoms with E-state index in [-0.39, 0.29) is 5.97 Å². The number of benzene rings is 1. The van der Waals surface area contributed by atoms with Gasteiger partial charge in [0.25, 0.3) is 0 Å². The number of rotatable bonds is 3. The molecule has 0 saturated heterocycles. The molecule has 0 heterocycles. The first-order valence-electron chi connectivity index (χ1n) is 5.17. The van der Waals surface area contributed by atoms with E-state index in [0.717, 1.165) is 5.56 Å². The fraction of sp³-hybridized carbons (Fsp3) is 0.231. The molecule has 0 atom stereocenters. The van der Waals surface area contributed by atoms with Gasteiger partial charge in [-0.15, -0.1) is 0 Å². The van der Waals surface area contributed by atoms with Crippen LogP contribution in [0.5, 0.6) is 0 Å². The number of hydroxylamine groups is 1. The molecule has 0 aliphatic rings. The summed E-state index contributed by atoms with van der Waals surface area (Å²) in [6, 6.07) is 7.34. The highest BCUT2D eigenvalue weighted by Crippen LogP contribution is 2.08. The Morgan fingerprint density at radius 3 is 2.56 bits per heavy atom. The first kappa shape index (κ1) is 12.2. The number of aryl methyl sites for hydroxylation is 1. The number of carbonyl (C=O) groups excluding carboxylic acids is 1. The monoisotopic (exact) mass is 218 g/mol. The van der Waals surface area contributed by atoms with Gasteiger partial charge in [0.1, 0.15) is 0 Å². The Balaban J connectivity index is 2.84. The molecule has 0 radical (unpaired) electrons. The Morgan fingerprint density at radius 1 is 1.31 bits per heavy atom. The normalized spacial score (nSPS) is 11.8. The van der Waals surface area contributed by atoms with Gasteiger partial charge in [-0.3, -0.25) is 0 Å². The van der Waals surface area contributed by atoms with Crippen LogP contribution in [-0.2, 0) is 4.84 Å².